The minimum atomic E-state index is -0.0880. The fourth-order valence-corrected chi connectivity index (χ4v) is 3.53. The highest BCUT2D eigenvalue weighted by Crippen LogP contribution is 2.36. The SMILES string of the molecule is COc1ccc(OCCCC(=O)Nc2nc(-c3ccc4c(c3)OCO4)cs2)cc1. The zero-order valence-corrected chi connectivity index (χ0v) is 16.7. The molecule has 7 nitrogen and oxygen atoms in total. The molecule has 0 bridgehead atoms. The number of hydrogen-bond acceptors (Lipinski definition) is 7. The van der Waals surface area contributed by atoms with Gasteiger partial charge in [-0.05, 0) is 48.9 Å². The van der Waals surface area contributed by atoms with Crippen molar-refractivity contribution in [2.45, 2.75) is 12.8 Å². The highest BCUT2D eigenvalue weighted by Gasteiger charge is 2.15. The van der Waals surface area contributed by atoms with E-state index in [4.69, 9.17) is 18.9 Å². The lowest BCUT2D eigenvalue weighted by Crippen LogP contribution is -2.12. The molecule has 0 aliphatic carbocycles. The summed E-state index contributed by atoms with van der Waals surface area (Å²) >= 11 is 1.39. The smallest absolute Gasteiger partial charge is 0.231 e. The number of nitrogens with zero attached hydrogens (tertiary/aromatic N) is 1. The van der Waals surface area contributed by atoms with Crippen LogP contribution in [0.3, 0.4) is 0 Å². The first-order chi connectivity index (χ1) is 14.2. The fraction of sp³-hybridized carbons (Fsp3) is 0.238. The van der Waals surface area contributed by atoms with Crippen LogP contribution in [0.2, 0.25) is 0 Å². The molecule has 4 rings (SSSR count). The van der Waals surface area contributed by atoms with Crippen molar-refractivity contribution in [3.05, 3.63) is 47.8 Å². The summed E-state index contributed by atoms with van der Waals surface area (Å²) in [6, 6.07) is 13.0. The van der Waals surface area contributed by atoms with Gasteiger partial charge < -0.3 is 24.3 Å². The Morgan fingerprint density at radius 1 is 1.14 bits per heavy atom. The molecule has 29 heavy (non-hydrogen) atoms. The number of carbonyl (C=O) groups excluding carboxylic acids is 1. The van der Waals surface area contributed by atoms with Gasteiger partial charge in [0, 0.05) is 17.4 Å². The summed E-state index contributed by atoms with van der Waals surface area (Å²) in [5.74, 6) is 2.88. The Bertz CT molecular complexity index is 987. The molecule has 1 aromatic heterocycles. The van der Waals surface area contributed by atoms with Crippen molar-refractivity contribution < 1.29 is 23.7 Å². The summed E-state index contributed by atoms with van der Waals surface area (Å²) in [7, 11) is 1.62. The van der Waals surface area contributed by atoms with Crippen LogP contribution in [-0.2, 0) is 4.79 Å². The van der Waals surface area contributed by atoms with Gasteiger partial charge in [-0.2, -0.15) is 0 Å². The molecule has 2 heterocycles. The van der Waals surface area contributed by atoms with Crippen molar-refractivity contribution in [3.8, 4) is 34.3 Å². The number of fused-ring (bicyclic) bond motifs is 1. The van der Waals surface area contributed by atoms with Gasteiger partial charge in [-0.1, -0.05) is 0 Å². The number of nitrogens with one attached hydrogen (secondary N) is 1. The van der Waals surface area contributed by atoms with Crippen LogP contribution in [-0.4, -0.2) is 31.4 Å². The first kappa shape index (κ1) is 19.1. The summed E-state index contributed by atoms with van der Waals surface area (Å²) in [5.41, 5.74) is 1.70. The van der Waals surface area contributed by atoms with Crippen LogP contribution in [0.1, 0.15) is 12.8 Å². The van der Waals surface area contributed by atoms with Crippen LogP contribution in [0.15, 0.2) is 47.8 Å². The van der Waals surface area contributed by atoms with Gasteiger partial charge in [0.05, 0.1) is 19.4 Å². The zero-order valence-electron chi connectivity index (χ0n) is 15.8. The highest BCUT2D eigenvalue weighted by molar-refractivity contribution is 7.14. The largest absolute Gasteiger partial charge is 0.497 e. The molecule has 0 unspecified atom stereocenters. The number of hydrogen-bond donors (Lipinski definition) is 1. The van der Waals surface area contributed by atoms with E-state index in [0.717, 1.165) is 28.5 Å². The molecule has 0 radical (unpaired) electrons. The maximum atomic E-state index is 12.2. The third kappa shape index (κ3) is 4.78. The molecule has 0 spiro atoms. The summed E-state index contributed by atoms with van der Waals surface area (Å²) in [4.78, 5) is 16.6. The van der Waals surface area contributed by atoms with E-state index in [2.05, 4.69) is 10.3 Å². The van der Waals surface area contributed by atoms with Crippen molar-refractivity contribution in [2.75, 3.05) is 25.8 Å². The van der Waals surface area contributed by atoms with E-state index in [1.165, 1.54) is 11.3 Å². The highest BCUT2D eigenvalue weighted by atomic mass is 32.1. The molecular formula is C21H20N2O5S. The van der Waals surface area contributed by atoms with Gasteiger partial charge >= 0.3 is 0 Å². The standard InChI is InChI=1S/C21H20N2O5S/c1-25-15-5-7-16(8-6-15)26-10-2-3-20(24)23-21-22-17(12-29-21)14-4-9-18-19(11-14)28-13-27-18/h4-9,11-12H,2-3,10,13H2,1H3,(H,22,23,24). The quantitative estimate of drug-likeness (QED) is 0.555. The van der Waals surface area contributed by atoms with Gasteiger partial charge in [0.15, 0.2) is 16.6 Å². The van der Waals surface area contributed by atoms with Crippen molar-refractivity contribution in [1.29, 1.82) is 0 Å². The number of methoxy groups -OCH3 is 1. The maximum absolute atomic E-state index is 12.2. The second kappa shape index (κ2) is 8.83. The van der Waals surface area contributed by atoms with Gasteiger partial charge in [-0.3, -0.25) is 4.79 Å². The van der Waals surface area contributed by atoms with Gasteiger partial charge in [0.1, 0.15) is 11.5 Å². The molecule has 1 aliphatic rings. The Balaban J connectivity index is 1.24. The van der Waals surface area contributed by atoms with Crippen molar-refractivity contribution in [1.82, 2.24) is 4.98 Å². The fourth-order valence-electron chi connectivity index (χ4n) is 2.80. The third-order valence-electron chi connectivity index (χ3n) is 4.30. The first-order valence-corrected chi connectivity index (χ1v) is 10.0. The number of aromatic nitrogens is 1. The number of benzene rings is 2. The van der Waals surface area contributed by atoms with Crippen LogP contribution in [0.5, 0.6) is 23.0 Å². The molecule has 8 heteroatoms. The van der Waals surface area contributed by atoms with Crippen molar-refractivity contribution in [2.24, 2.45) is 0 Å². The van der Waals surface area contributed by atoms with E-state index in [1.807, 2.05) is 47.8 Å². The Labute approximate surface area is 172 Å². The molecule has 1 aliphatic heterocycles. The van der Waals surface area contributed by atoms with Gasteiger partial charge in [0.2, 0.25) is 12.7 Å². The molecule has 150 valence electrons. The molecule has 0 fully saturated rings. The van der Waals surface area contributed by atoms with Crippen LogP contribution in [0.4, 0.5) is 5.13 Å². The number of rotatable bonds is 8. The Morgan fingerprint density at radius 3 is 2.76 bits per heavy atom. The number of carbonyl (C=O) groups is 1. The molecule has 2 aromatic carbocycles. The number of anilines is 1. The monoisotopic (exact) mass is 412 g/mol. The van der Waals surface area contributed by atoms with Crippen LogP contribution in [0.25, 0.3) is 11.3 Å². The van der Waals surface area contributed by atoms with E-state index < -0.39 is 0 Å². The molecular weight excluding hydrogens is 392 g/mol. The number of ether oxygens (including phenoxy) is 4. The third-order valence-corrected chi connectivity index (χ3v) is 5.05. The van der Waals surface area contributed by atoms with E-state index in [9.17, 15) is 4.79 Å². The minimum Gasteiger partial charge on any atom is -0.497 e. The normalized spacial score (nSPS) is 11.9. The lowest BCUT2D eigenvalue weighted by Gasteiger charge is -2.07. The lowest BCUT2D eigenvalue weighted by atomic mass is 10.1. The van der Waals surface area contributed by atoms with E-state index in [-0.39, 0.29) is 12.7 Å². The molecule has 0 atom stereocenters. The number of thiazole rings is 1. The average molecular weight is 412 g/mol. The van der Waals surface area contributed by atoms with Gasteiger partial charge in [-0.25, -0.2) is 4.98 Å². The predicted molar refractivity (Wildman–Crippen MR) is 110 cm³/mol. The summed E-state index contributed by atoms with van der Waals surface area (Å²) in [6.45, 7) is 0.694. The van der Waals surface area contributed by atoms with E-state index >= 15 is 0 Å². The molecule has 0 saturated heterocycles. The second-order valence-electron chi connectivity index (χ2n) is 6.28. The topological polar surface area (TPSA) is 78.9 Å². The van der Waals surface area contributed by atoms with E-state index in [0.29, 0.717) is 30.3 Å². The van der Waals surface area contributed by atoms with Crippen LogP contribution in [0, 0.1) is 0 Å². The second-order valence-corrected chi connectivity index (χ2v) is 7.14. The average Bonchev–Trinajstić information content (AvgIpc) is 3.40. The van der Waals surface area contributed by atoms with E-state index in [1.54, 1.807) is 7.11 Å². The Morgan fingerprint density at radius 2 is 1.93 bits per heavy atom. The van der Waals surface area contributed by atoms with Crippen LogP contribution >= 0.6 is 11.3 Å². The maximum Gasteiger partial charge on any atom is 0.231 e. The molecule has 3 aromatic rings. The van der Waals surface area contributed by atoms with Crippen molar-refractivity contribution >= 4 is 22.4 Å². The Kier molecular flexibility index (Phi) is 5.81. The Hall–Kier alpha value is -3.26. The minimum absolute atomic E-state index is 0.0880. The summed E-state index contributed by atoms with van der Waals surface area (Å²) in [5, 5.41) is 5.31. The first-order valence-electron chi connectivity index (χ1n) is 9.13. The number of amides is 1. The molecule has 1 N–H and O–H groups in total. The van der Waals surface area contributed by atoms with Crippen molar-refractivity contribution in [3.63, 3.8) is 0 Å². The summed E-state index contributed by atoms with van der Waals surface area (Å²) < 4.78 is 21.5. The van der Waals surface area contributed by atoms with Crippen LogP contribution < -0.4 is 24.3 Å². The molecule has 0 saturated carbocycles. The molecule has 1 amide bonds. The summed E-state index contributed by atoms with van der Waals surface area (Å²) in [6.07, 6.45) is 0.966. The van der Waals surface area contributed by atoms with Gasteiger partial charge in [0.25, 0.3) is 0 Å². The predicted octanol–water partition coefficient (Wildman–Crippen LogP) is 4.35. The van der Waals surface area contributed by atoms with Gasteiger partial charge in [-0.15, -0.1) is 11.3 Å². The zero-order chi connectivity index (χ0) is 20.1. The lowest BCUT2D eigenvalue weighted by molar-refractivity contribution is -0.116.